The molecular weight excluding hydrogens is 330 g/mol. The summed E-state index contributed by atoms with van der Waals surface area (Å²) in [5.74, 6) is 0. The Morgan fingerprint density at radius 2 is 1.40 bits per heavy atom. The second-order valence-corrected chi connectivity index (χ2v) is 0. The molecule has 0 rings (SSSR count). The molecule has 0 spiro atoms. The SMILES string of the molecule is [Ca+2].[H-].[H-].[H-].[H-].[La].[O]=[Ti].[Sr+2]. The fourth-order valence-corrected chi connectivity index (χ4v) is 0. The summed E-state index contributed by atoms with van der Waals surface area (Å²) in [6.45, 7) is 0. The fraction of sp³-hybridized carbons (Fsp3) is 0. The average molecular weight is 335 g/mol. The van der Waals surface area contributed by atoms with Crippen LogP contribution in [0.2, 0.25) is 0 Å². The standard InChI is InChI=1S/Ca.La.O.Sr.Ti.4H/q+2;;;+2;;4*-1. The van der Waals surface area contributed by atoms with E-state index in [-0.39, 0.29) is 125 Å². The molecule has 0 saturated carbocycles. The third-order valence-electron chi connectivity index (χ3n) is 0. The summed E-state index contributed by atoms with van der Waals surface area (Å²) in [7, 11) is 0. The first-order valence-corrected chi connectivity index (χ1v) is 0.842. The zero-order valence-corrected chi connectivity index (χ0v) is 13.8. The van der Waals surface area contributed by atoms with Crippen LogP contribution in [0.25, 0.3) is 0 Å². The number of hydrogen-bond donors (Lipinski definition) is 0. The monoisotopic (exact) mass is 335 g/mol. The van der Waals surface area contributed by atoms with E-state index in [0.29, 0.717) is 0 Å². The van der Waals surface area contributed by atoms with Gasteiger partial charge in [0.1, 0.15) is 0 Å². The molecule has 1 radical (unpaired) electrons. The molecule has 1 nitrogen and oxygen atoms in total. The van der Waals surface area contributed by atoms with Gasteiger partial charge in [0, 0.05) is 35.6 Å². The van der Waals surface area contributed by atoms with E-state index in [4.69, 9.17) is 3.32 Å². The molecule has 0 amide bonds. The molecule has 5 heteroatoms. The van der Waals surface area contributed by atoms with E-state index in [9.17, 15) is 0 Å². The van der Waals surface area contributed by atoms with E-state index in [1.165, 1.54) is 0 Å². The summed E-state index contributed by atoms with van der Waals surface area (Å²) in [5.41, 5.74) is 0. The second kappa shape index (κ2) is 23.7. The minimum Gasteiger partial charge on any atom is 2.00 e. The molecule has 0 N–H and O–H groups in total. The van der Waals surface area contributed by atoms with Gasteiger partial charge >= 0.3 is 107 Å². The quantitative estimate of drug-likeness (QED) is 0.550. The molecule has 0 fully saturated rings. The van der Waals surface area contributed by atoms with Crippen molar-refractivity contribution in [2.45, 2.75) is 0 Å². The van der Waals surface area contributed by atoms with Crippen LogP contribution in [0, 0.1) is 35.6 Å². The molecule has 21 valence electrons. The van der Waals surface area contributed by atoms with Crippen molar-refractivity contribution in [1.82, 2.24) is 0 Å². The van der Waals surface area contributed by atoms with Crippen LogP contribution >= 0.6 is 0 Å². The molecule has 0 heterocycles. The van der Waals surface area contributed by atoms with E-state index >= 15 is 0 Å². The first-order chi connectivity index (χ1) is 1.00. The van der Waals surface area contributed by atoms with Gasteiger partial charge in [-0.2, -0.15) is 0 Å². The van der Waals surface area contributed by atoms with Gasteiger partial charge in [0.25, 0.3) is 0 Å². The molecule has 0 aliphatic heterocycles. The van der Waals surface area contributed by atoms with E-state index in [1.54, 1.807) is 0 Å². The fourth-order valence-electron chi connectivity index (χ4n) is 0. The molecule has 0 bridgehead atoms. The molecule has 5 heavy (non-hydrogen) atoms. The van der Waals surface area contributed by atoms with Crippen molar-refractivity contribution < 1.29 is 65.0 Å². The molecular formula is H4CaLaOSrTi. The molecule has 0 aliphatic rings. The summed E-state index contributed by atoms with van der Waals surface area (Å²) in [4.78, 5) is 0. The van der Waals surface area contributed by atoms with Crippen molar-refractivity contribution in [1.29, 1.82) is 0 Å². The van der Waals surface area contributed by atoms with Gasteiger partial charge in [-0.15, -0.1) is 0 Å². The van der Waals surface area contributed by atoms with Crippen molar-refractivity contribution in [2.75, 3.05) is 0 Å². The van der Waals surface area contributed by atoms with Crippen LogP contribution in [-0.4, -0.2) is 83.2 Å². The van der Waals surface area contributed by atoms with Crippen LogP contribution < -0.4 is 0 Å². The predicted molar refractivity (Wildman–Crippen MR) is 16.6 cm³/mol. The maximum absolute atomic E-state index is 8.25. The van der Waals surface area contributed by atoms with Crippen molar-refractivity contribution in [3.05, 3.63) is 0 Å². The first-order valence-electron chi connectivity index (χ1n) is 0.204. The Hall–Kier alpha value is 4.45. The zero-order valence-electron chi connectivity index (χ0n) is 6.90. The third-order valence-corrected chi connectivity index (χ3v) is 0. The van der Waals surface area contributed by atoms with E-state index in [1.807, 2.05) is 0 Å². The van der Waals surface area contributed by atoms with Gasteiger partial charge in [0.2, 0.25) is 0 Å². The van der Waals surface area contributed by atoms with Crippen molar-refractivity contribution in [3.63, 3.8) is 0 Å². The number of rotatable bonds is 0. The molecule has 0 saturated heterocycles. The first kappa shape index (κ1) is 22.7. The third kappa shape index (κ3) is 17.8. The Labute approximate surface area is 144 Å². The minimum absolute atomic E-state index is 0. The topological polar surface area (TPSA) is 17.1 Å². The Kier molecular flexibility index (Phi) is 108. The van der Waals surface area contributed by atoms with Crippen LogP contribution in [0.5, 0.6) is 0 Å². The van der Waals surface area contributed by atoms with Crippen molar-refractivity contribution in [3.8, 4) is 0 Å². The van der Waals surface area contributed by atoms with Crippen molar-refractivity contribution >= 4 is 83.2 Å². The second-order valence-electron chi connectivity index (χ2n) is 0. The molecule has 0 aromatic heterocycles. The largest absolute Gasteiger partial charge is 2.00 e. The average Bonchev–Trinajstić information content (AvgIpc) is 1.00. The summed E-state index contributed by atoms with van der Waals surface area (Å²) in [5, 5.41) is 0. The van der Waals surface area contributed by atoms with Gasteiger partial charge in [0.15, 0.2) is 0 Å². The molecule has 0 aromatic carbocycles. The maximum Gasteiger partial charge on any atom is 2.00 e. The Morgan fingerprint density at radius 3 is 1.40 bits per heavy atom. The summed E-state index contributed by atoms with van der Waals surface area (Å²) >= 11 is 0.750. The Balaban J connectivity index is -0.000000000238. The van der Waals surface area contributed by atoms with Crippen LogP contribution in [0.15, 0.2) is 0 Å². The van der Waals surface area contributed by atoms with Crippen LogP contribution in [0.4, 0.5) is 0 Å². The van der Waals surface area contributed by atoms with E-state index in [0.717, 1.165) is 20.4 Å². The van der Waals surface area contributed by atoms with Crippen LogP contribution in [0.1, 0.15) is 5.71 Å². The van der Waals surface area contributed by atoms with Gasteiger partial charge in [0.05, 0.1) is 0 Å². The van der Waals surface area contributed by atoms with Gasteiger partial charge < -0.3 is 5.71 Å². The summed E-state index contributed by atoms with van der Waals surface area (Å²) in [6, 6.07) is 0. The van der Waals surface area contributed by atoms with E-state index < -0.39 is 0 Å². The Morgan fingerprint density at radius 1 is 1.40 bits per heavy atom. The number of hydrogen-bond acceptors (Lipinski definition) is 1. The van der Waals surface area contributed by atoms with Crippen LogP contribution in [-0.2, 0) is 23.7 Å². The summed E-state index contributed by atoms with van der Waals surface area (Å²) < 4.78 is 8.25. The van der Waals surface area contributed by atoms with Gasteiger partial charge in [-0.25, -0.2) is 0 Å². The predicted octanol–water partition coefficient (Wildman–Crippen LogP) is -0.433. The van der Waals surface area contributed by atoms with Crippen LogP contribution in [0.3, 0.4) is 0 Å². The summed E-state index contributed by atoms with van der Waals surface area (Å²) in [6.07, 6.45) is 0. The van der Waals surface area contributed by atoms with Gasteiger partial charge in [-0.1, -0.05) is 0 Å². The van der Waals surface area contributed by atoms with Gasteiger partial charge in [-0.3, -0.25) is 0 Å². The maximum atomic E-state index is 8.25. The Bertz CT molecular complexity index is 20.5. The molecule has 0 aliphatic carbocycles. The molecule has 0 atom stereocenters. The smallest absolute Gasteiger partial charge is 2.00 e. The molecule has 0 unspecified atom stereocenters. The van der Waals surface area contributed by atoms with Crippen molar-refractivity contribution in [2.24, 2.45) is 0 Å². The van der Waals surface area contributed by atoms with E-state index in [2.05, 4.69) is 0 Å². The normalized spacial score (nSPS) is 0.600. The minimum atomic E-state index is 0. The molecule has 0 aromatic rings. The van der Waals surface area contributed by atoms with Gasteiger partial charge in [-0.05, 0) is 0 Å². The zero-order chi connectivity index (χ0) is 2.00.